The van der Waals surface area contributed by atoms with E-state index in [1.165, 1.54) is 12.1 Å². The maximum absolute atomic E-state index is 14.3. The molecule has 2 saturated carbocycles. The van der Waals surface area contributed by atoms with Crippen LogP contribution in [-0.4, -0.2) is 52.2 Å². The molecule has 2 aromatic rings. The fourth-order valence-electron chi connectivity index (χ4n) is 5.54. The van der Waals surface area contributed by atoms with Crippen molar-refractivity contribution in [3.05, 3.63) is 45.7 Å². The molecule has 2 fully saturated rings. The normalized spacial score (nSPS) is 20.2. The molecule has 2 aliphatic rings. The Hall–Kier alpha value is -2.79. The Bertz CT molecular complexity index is 1270. The number of amides is 1. The zero-order valence-corrected chi connectivity index (χ0v) is 24.3. The van der Waals surface area contributed by atoms with Crippen molar-refractivity contribution in [1.82, 2.24) is 14.7 Å². The maximum Gasteiger partial charge on any atom is 0.436 e. The molecule has 0 aliphatic heterocycles. The summed E-state index contributed by atoms with van der Waals surface area (Å²) >= 11 is 12.4. The summed E-state index contributed by atoms with van der Waals surface area (Å²) in [6.07, 6.45) is -1.33. The van der Waals surface area contributed by atoms with Crippen LogP contribution in [0.1, 0.15) is 80.9 Å². The van der Waals surface area contributed by atoms with Crippen molar-refractivity contribution >= 4 is 41.0 Å². The van der Waals surface area contributed by atoms with Crippen LogP contribution in [0.5, 0.6) is 5.75 Å². The van der Waals surface area contributed by atoms with Crippen molar-refractivity contribution in [3.63, 3.8) is 0 Å². The number of hydrogen-bond donors (Lipinski definition) is 0. The molecule has 1 aromatic heterocycles. The Morgan fingerprint density at radius 3 is 2.29 bits per heavy atom. The van der Waals surface area contributed by atoms with Gasteiger partial charge >= 0.3 is 18.2 Å². The van der Waals surface area contributed by atoms with E-state index in [0.29, 0.717) is 12.8 Å². The standard InChI is InChI=1S/C28H32Cl2F3N3O5/c1-3-40-25(38)17-8-10-18(11-9-17)36-24(28(31,32)33)22(14-34-36)41-26(39)35(16-27(2)12-5-13-27)15-21(37)23-19(29)6-4-7-20(23)30/h4,6-7,14,17-18H,3,5,8-13,15-16H2,1-2H3/t17-,18-. The minimum atomic E-state index is -4.88. The SMILES string of the molecule is CCOC(=O)[C@H]1CC[C@H](n2ncc(OC(=O)N(CC(=O)c3c(Cl)cccc3Cl)CC3(C)CCC3)c2C(F)(F)F)CC1. The van der Waals surface area contributed by atoms with Gasteiger partial charge in [-0.05, 0) is 63.0 Å². The second-order valence-corrected chi connectivity index (χ2v) is 11.8. The third-order valence-corrected chi connectivity index (χ3v) is 8.49. The lowest BCUT2D eigenvalue weighted by Gasteiger charge is -2.41. The van der Waals surface area contributed by atoms with E-state index in [9.17, 15) is 27.6 Å². The van der Waals surface area contributed by atoms with Crippen LogP contribution in [0.25, 0.3) is 0 Å². The molecule has 1 amide bonds. The average molecular weight is 618 g/mol. The number of ketones is 1. The molecule has 8 nitrogen and oxygen atoms in total. The highest BCUT2D eigenvalue weighted by Crippen LogP contribution is 2.43. The van der Waals surface area contributed by atoms with Crippen molar-refractivity contribution in [1.29, 1.82) is 0 Å². The lowest BCUT2D eigenvalue weighted by atomic mass is 9.70. The fourth-order valence-corrected chi connectivity index (χ4v) is 6.15. The molecule has 13 heteroatoms. The monoisotopic (exact) mass is 617 g/mol. The van der Waals surface area contributed by atoms with Gasteiger partial charge in [-0.1, -0.05) is 42.6 Å². The van der Waals surface area contributed by atoms with E-state index >= 15 is 0 Å². The van der Waals surface area contributed by atoms with Crippen molar-refractivity contribution in [3.8, 4) is 5.75 Å². The molecular weight excluding hydrogens is 586 g/mol. The van der Waals surface area contributed by atoms with Gasteiger partial charge in [0.2, 0.25) is 0 Å². The molecule has 0 saturated heterocycles. The van der Waals surface area contributed by atoms with E-state index in [2.05, 4.69) is 5.10 Å². The number of carbonyl (C=O) groups excluding carboxylic acids is 3. The van der Waals surface area contributed by atoms with Crippen molar-refractivity contribution in [2.45, 2.75) is 71.0 Å². The van der Waals surface area contributed by atoms with Crippen LogP contribution in [0.3, 0.4) is 0 Å². The van der Waals surface area contributed by atoms with Gasteiger partial charge < -0.3 is 9.47 Å². The van der Waals surface area contributed by atoms with Crippen LogP contribution in [0.4, 0.5) is 18.0 Å². The number of esters is 1. The van der Waals surface area contributed by atoms with E-state index in [0.717, 1.165) is 35.0 Å². The molecule has 0 unspecified atom stereocenters. The largest absolute Gasteiger partial charge is 0.466 e. The number of nitrogens with zero attached hydrogens (tertiary/aromatic N) is 3. The van der Waals surface area contributed by atoms with Gasteiger partial charge in [-0.15, -0.1) is 0 Å². The second-order valence-electron chi connectivity index (χ2n) is 11.0. The van der Waals surface area contributed by atoms with E-state index in [1.54, 1.807) is 13.0 Å². The highest BCUT2D eigenvalue weighted by Gasteiger charge is 2.43. The van der Waals surface area contributed by atoms with Gasteiger partial charge in [0.05, 0.1) is 46.9 Å². The van der Waals surface area contributed by atoms with E-state index in [-0.39, 0.29) is 58.9 Å². The minimum absolute atomic E-state index is 0.0228. The Labute approximate surface area is 246 Å². The van der Waals surface area contributed by atoms with E-state index in [1.807, 2.05) is 6.92 Å². The van der Waals surface area contributed by atoms with Crippen LogP contribution in [0.2, 0.25) is 10.0 Å². The van der Waals surface area contributed by atoms with Crippen molar-refractivity contribution in [2.75, 3.05) is 19.7 Å². The molecule has 0 spiro atoms. The van der Waals surface area contributed by atoms with Crippen LogP contribution < -0.4 is 4.74 Å². The molecule has 2 aliphatic carbocycles. The van der Waals surface area contributed by atoms with Gasteiger partial charge in [-0.3, -0.25) is 19.2 Å². The summed E-state index contributed by atoms with van der Waals surface area (Å²) in [4.78, 5) is 39.7. The van der Waals surface area contributed by atoms with Gasteiger partial charge in [0.25, 0.3) is 0 Å². The first kappa shape index (κ1) is 31.2. The van der Waals surface area contributed by atoms with Crippen LogP contribution in [0, 0.1) is 11.3 Å². The van der Waals surface area contributed by atoms with Crippen molar-refractivity contribution in [2.24, 2.45) is 11.3 Å². The van der Waals surface area contributed by atoms with Crippen molar-refractivity contribution < 1.29 is 37.0 Å². The topological polar surface area (TPSA) is 90.7 Å². The number of ether oxygens (including phenoxy) is 2. The quantitative estimate of drug-likeness (QED) is 0.215. The Kier molecular flexibility index (Phi) is 9.58. The van der Waals surface area contributed by atoms with Gasteiger partial charge in [-0.2, -0.15) is 18.3 Å². The number of aromatic nitrogens is 2. The molecule has 1 heterocycles. The first-order valence-electron chi connectivity index (χ1n) is 13.6. The number of halogens is 5. The first-order valence-corrected chi connectivity index (χ1v) is 14.3. The number of hydrogen-bond acceptors (Lipinski definition) is 6. The summed E-state index contributed by atoms with van der Waals surface area (Å²) in [6.45, 7) is 3.49. The summed E-state index contributed by atoms with van der Waals surface area (Å²) in [5, 5.41) is 4.14. The second kappa shape index (κ2) is 12.6. The van der Waals surface area contributed by atoms with E-state index in [4.69, 9.17) is 32.7 Å². The summed E-state index contributed by atoms with van der Waals surface area (Å²) < 4.78 is 54.0. The summed E-state index contributed by atoms with van der Waals surface area (Å²) in [6, 6.07) is 3.91. The molecule has 0 atom stereocenters. The molecule has 0 N–H and O–H groups in total. The van der Waals surface area contributed by atoms with Gasteiger partial charge in [0.15, 0.2) is 17.2 Å². The molecule has 0 bridgehead atoms. The zero-order chi connectivity index (χ0) is 29.9. The zero-order valence-electron chi connectivity index (χ0n) is 22.8. The maximum atomic E-state index is 14.3. The molecular formula is C28H32Cl2F3N3O5. The molecule has 4 rings (SSSR count). The third kappa shape index (κ3) is 7.17. The predicted molar refractivity (Wildman–Crippen MR) is 145 cm³/mol. The third-order valence-electron chi connectivity index (χ3n) is 7.86. The average Bonchev–Trinajstić information content (AvgIpc) is 3.31. The van der Waals surface area contributed by atoms with Crippen LogP contribution in [0.15, 0.2) is 24.4 Å². The predicted octanol–water partition coefficient (Wildman–Crippen LogP) is 7.38. The molecule has 224 valence electrons. The summed E-state index contributed by atoms with van der Waals surface area (Å²) in [7, 11) is 0. The minimum Gasteiger partial charge on any atom is -0.466 e. The molecule has 1 aromatic carbocycles. The highest BCUT2D eigenvalue weighted by atomic mass is 35.5. The summed E-state index contributed by atoms with van der Waals surface area (Å²) in [5.41, 5.74) is -1.48. The number of carbonyl (C=O) groups is 3. The Balaban J connectivity index is 1.55. The Morgan fingerprint density at radius 2 is 1.76 bits per heavy atom. The van der Waals surface area contributed by atoms with E-state index < -0.39 is 42.1 Å². The highest BCUT2D eigenvalue weighted by molar-refractivity contribution is 6.40. The van der Waals surface area contributed by atoms with Crippen LogP contribution in [-0.2, 0) is 15.7 Å². The van der Waals surface area contributed by atoms with Gasteiger partial charge in [0, 0.05) is 6.54 Å². The Morgan fingerprint density at radius 1 is 1.12 bits per heavy atom. The molecule has 41 heavy (non-hydrogen) atoms. The number of benzene rings is 1. The lowest BCUT2D eigenvalue weighted by molar-refractivity contribution is -0.151. The lowest BCUT2D eigenvalue weighted by Crippen LogP contribution is -2.46. The fraction of sp³-hybridized carbons (Fsp3) is 0.571. The van der Waals surface area contributed by atoms with Gasteiger partial charge in [0.1, 0.15) is 0 Å². The summed E-state index contributed by atoms with van der Waals surface area (Å²) in [5.74, 6) is -2.04. The van der Waals surface area contributed by atoms with Gasteiger partial charge in [-0.25, -0.2) is 4.79 Å². The first-order chi connectivity index (χ1) is 19.3. The smallest absolute Gasteiger partial charge is 0.436 e. The van der Waals surface area contributed by atoms with Crippen LogP contribution >= 0.6 is 23.2 Å². The number of alkyl halides is 3. The number of rotatable bonds is 9. The number of Topliss-reactive ketones (excluding diaryl/α,β-unsaturated/α-hetero) is 1. The molecule has 0 radical (unpaired) electrons.